The number of ether oxygens (including phenoxy) is 2. The van der Waals surface area contributed by atoms with Gasteiger partial charge in [0.2, 0.25) is 5.91 Å². The Balaban J connectivity index is 1.39. The highest BCUT2D eigenvalue weighted by molar-refractivity contribution is 5.82. The molecular weight excluding hydrogens is 440 g/mol. The molecule has 2 fully saturated rings. The number of aryl methyl sites for hydroxylation is 1. The molecule has 3 atom stereocenters. The fourth-order valence-corrected chi connectivity index (χ4v) is 5.29. The number of nitrogens with one attached hydrogen (secondary N) is 1. The largest absolute Gasteiger partial charge is 0.481 e. The third-order valence-corrected chi connectivity index (χ3v) is 7.38. The van der Waals surface area contributed by atoms with Crippen LogP contribution in [0.15, 0.2) is 42.5 Å². The molecule has 0 aromatic heterocycles. The number of nitrogens with zero attached hydrogens (tertiary/aromatic N) is 1. The monoisotopic (exact) mass is 476 g/mol. The molecule has 35 heavy (non-hydrogen) atoms. The summed E-state index contributed by atoms with van der Waals surface area (Å²) in [7, 11) is 0. The Morgan fingerprint density at radius 1 is 1.17 bits per heavy atom. The molecule has 6 nitrogen and oxygen atoms in total. The van der Waals surface area contributed by atoms with Gasteiger partial charge in [0.15, 0.2) is 6.10 Å². The normalized spacial score (nSPS) is 22.4. The van der Waals surface area contributed by atoms with Crippen LogP contribution in [0.4, 0.5) is 0 Å². The highest BCUT2D eigenvalue weighted by Gasteiger charge is 2.39. The first-order chi connectivity index (χ1) is 17.0. The van der Waals surface area contributed by atoms with Gasteiger partial charge in [-0.25, -0.2) is 0 Å². The van der Waals surface area contributed by atoms with Crippen molar-refractivity contribution in [2.24, 2.45) is 5.92 Å². The maximum absolute atomic E-state index is 13.2. The Morgan fingerprint density at radius 2 is 2.03 bits per heavy atom. The van der Waals surface area contributed by atoms with Gasteiger partial charge in [0, 0.05) is 25.6 Å². The molecule has 6 heteroatoms. The summed E-state index contributed by atoms with van der Waals surface area (Å²) < 4.78 is 11.8. The molecule has 186 valence electrons. The summed E-state index contributed by atoms with van der Waals surface area (Å²) in [5, 5.41) is 3.00. The molecule has 0 radical (unpaired) electrons. The standard InChI is InChI=1S/C29H36N2O4/c1-3-26(28(32)30-18-24-8-5-15-34-24)35-23-12-11-20-13-14-31(29(33)21-9-10-21)27(25(20)17-23)22-7-4-6-19(2)16-22/h4,6-7,11-12,16-17,21,24,26-27H,3,5,8-10,13-15,18H2,1-2H3,(H,30,32)/t24-,26+,27+/m1/s1. The second kappa shape index (κ2) is 10.4. The lowest BCUT2D eigenvalue weighted by molar-refractivity contribution is -0.134. The summed E-state index contributed by atoms with van der Waals surface area (Å²) >= 11 is 0. The minimum absolute atomic E-state index is 0.102. The van der Waals surface area contributed by atoms with Crippen molar-refractivity contribution in [3.63, 3.8) is 0 Å². The molecule has 1 N–H and O–H groups in total. The number of amides is 2. The fraction of sp³-hybridized carbons (Fsp3) is 0.517. The average molecular weight is 477 g/mol. The van der Waals surface area contributed by atoms with E-state index in [4.69, 9.17) is 9.47 Å². The predicted molar refractivity (Wildman–Crippen MR) is 134 cm³/mol. The summed E-state index contributed by atoms with van der Waals surface area (Å²) in [6.07, 6.45) is 4.95. The van der Waals surface area contributed by atoms with Crippen LogP contribution in [0.3, 0.4) is 0 Å². The van der Waals surface area contributed by atoms with Crippen LogP contribution in [0.5, 0.6) is 5.75 Å². The maximum atomic E-state index is 13.2. The Labute approximate surface area is 208 Å². The van der Waals surface area contributed by atoms with Gasteiger partial charge in [-0.3, -0.25) is 9.59 Å². The van der Waals surface area contributed by atoms with Crippen LogP contribution in [-0.4, -0.2) is 48.6 Å². The molecular formula is C29H36N2O4. The molecule has 5 rings (SSSR count). The van der Waals surface area contributed by atoms with Crippen LogP contribution in [0.2, 0.25) is 0 Å². The van der Waals surface area contributed by atoms with Crippen molar-refractivity contribution in [1.29, 1.82) is 0 Å². The van der Waals surface area contributed by atoms with Crippen LogP contribution in [-0.2, 0) is 20.7 Å². The first-order valence-electron chi connectivity index (χ1n) is 13.1. The van der Waals surface area contributed by atoms with Gasteiger partial charge in [0.1, 0.15) is 5.75 Å². The van der Waals surface area contributed by atoms with Gasteiger partial charge in [-0.05, 0) is 74.3 Å². The molecule has 1 aliphatic carbocycles. The molecule has 0 unspecified atom stereocenters. The lowest BCUT2D eigenvalue weighted by Crippen LogP contribution is -2.42. The molecule has 0 spiro atoms. The summed E-state index contributed by atoms with van der Waals surface area (Å²) in [4.78, 5) is 28.1. The van der Waals surface area contributed by atoms with Crippen LogP contribution in [0.1, 0.15) is 67.3 Å². The Bertz CT molecular complexity index is 1070. The van der Waals surface area contributed by atoms with Crippen molar-refractivity contribution in [2.45, 2.75) is 70.6 Å². The minimum atomic E-state index is -0.570. The number of fused-ring (bicyclic) bond motifs is 1. The molecule has 0 bridgehead atoms. The number of rotatable bonds is 8. The highest BCUT2D eigenvalue weighted by atomic mass is 16.5. The van der Waals surface area contributed by atoms with E-state index in [1.165, 1.54) is 11.1 Å². The van der Waals surface area contributed by atoms with Crippen LogP contribution < -0.4 is 10.1 Å². The second-order valence-electron chi connectivity index (χ2n) is 10.1. The predicted octanol–water partition coefficient (Wildman–Crippen LogP) is 4.33. The molecule has 1 saturated carbocycles. The van der Waals surface area contributed by atoms with Crippen molar-refractivity contribution >= 4 is 11.8 Å². The van der Waals surface area contributed by atoms with E-state index >= 15 is 0 Å². The van der Waals surface area contributed by atoms with Gasteiger partial charge in [-0.2, -0.15) is 0 Å². The smallest absolute Gasteiger partial charge is 0.261 e. The van der Waals surface area contributed by atoms with Gasteiger partial charge in [0.25, 0.3) is 5.91 Å². The number of carbonyl (C=O) groups is 2. The van der Waals surface area contributed by atoms with Crippen molar-refractivity contribution in [1.82, 2.24) is 10.2 Å². The SMILES string of the molecule is CC[C@H](Oc1ccc2c(c1)[C@H](c1cccc(C)c1)N(C(=O)C1CC1)CC2)C(=O)NC[C@H]1CCCO1. The quantitative estimate of drug-likeness (QED) is 0.616. The lowest BCUT2D eigenvalue weighted by atomic mass is 9.87. The topological polar surface area (TPSA) is 67.9 Å². The minimum Gasteiger partial charge on any atom is -0.481 e. The molecule has 2 aromatic carbocycles. The van der Waals surface area contributed by atoms with Gasteiger partial charge in [-0.15, -0.1) is 0 Å². The van der Waals surface area contributed by atoms with E-state index in [0.29, 0.717) is 18.7 Å². The molecule has 2 amide bonds. The lowest BCUT2D eigenvalue weighted by Gasteiger charge is -2.38. The number of hydrogen-bond donors (Lipinski definition) is 1. The van der Waals surface area contributed by atoms with Gasteiger partial charge in [0.05, 0.1) is 12.1 Å². The van der Waals surface area contributed by atoms with Crippen molar-refractivity contribution in [2.75, 3.05) is 19.7 Å². The molecule has 3 aliphatic rings. The van der Waals surface area contributed by atoms with Crippen molar-refractivity contribution < 1.29 is 19.1 Å². The van der Waals surface area contributed by atoms with E-state index in [-0.39, 0.29) is 29.9 Å². The van der Waals surface area contributed by atoms with E-state index in [1.807, 2.05) is 19.1 Å². The zero-order chi connectivity index (χ0) is 24.4. The van der Waals surface area contributed by atoms with E-state index in [0.717, 1.165) is 56.4 Å². The first kappa shape index (κ1) is 23.9. The molecule has 2 heterocycles. The van der Waals surface area contributed by atoms with Crippen LogP contribution in [0, 0.1) is 12.8 Å². The molecule has 1 saturated heterocycles. The fourth-order valence-electron chi connectivity index (χ4n) is 5.29. The second-order valence-corrected chi connectivity index (χ2v) is 10.1. The van der Waals surface area contributed by atoms with Crippen molar-refractivity contribution in [3.8, 4) is 5.75 Å². The van der Waals surface area contributed by atoms with Crippen LogP contribution >= 0.6 is 0 Å². The van der Waals surface area contributed by atoms with E-state index < -0.39 is 6.10 Å². The van der Waals surface area contributed by atoms with Gasteiger partial charge in [-0.1, -0.05) is 42.8 Å². The first-order valence-corrected chi connectivity index (χ1v) is 13.1. The third-order valence-electron chi connectivity index (χ3n) is 7.38. The average Bonchev–Trinajstić information content (AvgIpc) is 3.59. The molecule has 2 aliphatic heterocycles. The summed E-state index contributed by atoms with van der Waals surface area (Å²) in [5.41, 5.74) is 4.64. The Morgan fingerprint density at radius 3 is 2.74 bits per heavy atom. The number of benzene rings is 2. The summed E-state index contributed by atoms with van der Waals surface area (Å²) in [6.45, 7) is 6.06. The van der Waals surface area contributed by atoms with E-state index in [1.54, 1.807) is 0 Å². The number of hydrogen-bond acceptors (Lipinski definition) is 4. The van der Waals surface area contributed by atoms with E-state index in [2.05, 4.69) is 47.5 Å². The zero-order valence-corrected chi connectivity index (χ0v) is 20.8. The van der Waals surface area contributed by atoms with Gasteiger partial charge >= 0.3 is 0 Å². The van der Waals surface area contributed by atoms with E-state index in [9.17, 15) is 9.59 Å². The summed E-state index contributed by atoms with van der Waals surface area (Å²) in [5.74, 6) is 0.983. The van der Waals surface area contributed by atoms with Gasteiger partial charge < -0.3 is 19.7 Å². The molecule has 2 aromatic rings. The highest BCUT2D eigenvalue weighted by Crippen LogP contribution is 2.41. The number of carbonyl (C=O) groups excluding carboxylic acids is 2. The van der Waals surface area contributed by atoms with Crippen LogP contribution in [0.25, 0.3) is 0 Å². The zero-order valence-electron chi connectivity index (χ0n) is 20.8. The van der Waals surface area contributed by atoms with Crippen molar-refractivity contribution in [3.05, 3.63) is 64.7 Å². The third kappa shape index (κ3) is 5.37. The Kier molecular flexibility index (Phi) is 7.09. The Hall–Kier alpha value is -2.86. The maximum Gasteiger partial charge on any atom is 0.261 e. The summed E-state index contributed by atoms with van der Waals surface area (Å²) in [6, 6.07) is 14.4.